The number of anilines is 1. The standard InChI is InChI=1S/C12H16ClNO5S/c1-8(12(15)19-3)14(20(4,16)17)9-5-6-11(18-2)10(13)7-9/h5-8H,1-4H3/t8-/m0/s1. The van der Waals surface area contributed by atoms with Crippen molar-refractivity contribution in [2.24, 2.45) is 0 Å². The van der Waals surface area contributed by atoms with Gasteiger partial charge in [-0.1, -0.05) is 11.6 Å². The van der Waals surface area contributed by atoms with Gasteiger partial charge in [-0.25, -0.2) is 13.2 Å². The van der Waals surface area contributed by atoms with Gasteiger partial charge in [-0.2, -0.15) is 0 Å². The van der Waals surface area contributed by atoms with Crippen LogP contribution in [0.5, 0.6) is 5.75 Å². The molecule has 0 aliphatic rings. The number of nitrogens with zero attached hydrogens (tertiary/aromatic N) is 1. The van der Waals surface area contributed by atoms with Gasteiger partial charge in [0.1, 0.15) is 11.8 Å². The summed E-state index contributed by atoms with van der Waals surface area (Å²) in [6.07, 6.45) is 1.00. The minimum absolute atomic E-state index is 0.246. The molecule has 0 fully saturated rings. The SMILES string of the molecule is COC(=O)[C@H](C)N(c1ccc(OC)c(Cl)c1)S(C)(=O)=O. The first-order valence-corrected chi connectivity index (χ1v) is 7.85. The Balaban J connectivity index is 3.33. The van der Waals surface area contributed by atoms with Crippen LogP contribution < -0.4 is 9.04 Å². The van der Waals surface area contributed by atoms with Crippen molar-refractivity contribution in [3.05, 3.63) is 23.2 Å². The molecule has 8 heteroatoms. The smallest absolute Gasteiger partial charge is 0.329 e. The Kier molecular flexibility index (Phi) is 5.24. The maximum Gasteiger partial charge on any atom is 0.329 e. The summed E-state index contributed by atoms with van der Waals surface area (Å²) in [6.45, 7) is 1.44. The first-order chi connectivity index (χ1) is 9.22. The molecule has 0 heterocycles. The molecule has 6 nitrogen and oxygen atoms in total. The molecule has 0 aromatic heterocycles. The predicted molar refractivity (Wildman–Crippen MR) is 76.8 cm³/mol. The van der Waals surface area contributed by atoms with Crippen LogP contribution >= 0.6 is 11.6 Å². The lowest BCUT2D eigenvalue weighted by Gasteiger charge is -2.27. The normalized spacial score (nSPS) is 12.7. The molecule has 0 saturated heterocycles. The van der Waals surface area contributed by atoms with E-state index in [0.29, 0.717) is 5.75 Å². The highest BCUT2D eigenvalue weighted by Crippen LogP contribution is 2.31. The van der Waals surface area contributed by atoms with Crippen LogP contribution in [-0.2, 0) is 19.6 Å². The summed E-state index contributed by atoms with van der Waals surface area (Å²) in [5, 5.41) is 0.246. The first-order valence-electron chi connectivity index (χ1n) is 5.63. The van der Waals surface area contributed by atoms with Crippen LogP contribution in [0, 0.1) is 0 Å². The molecular weight excluding hydrogens is 306 g/mol. The molecule has 0 bridgehead atoms. The second-order valence-electron chi connectivity index (χ2n) is 4.08. The Bertz CT molecular complexity index is 602. The molecule has 0 aliphatic carbocycles. The Morgan fingerprint density at radius 1 is 1.35 bits per heavy atom. The fraction of sp³-hybridized carbons (Fsp3) is 0.417. The van der Waals surface area contributed by atoms with Gasteiger partial charge in [0.2, 0.25) is 10.0 Å². The van der Waals surface area contributed by atoms with E-state index in [1.165, 1.54) is 39.3 Å². The molecule has 0 saturated carbocycles. The van der Waals surface area contributed by atoms with E-state index in [2.05, 4.69) is 4.74 Å². The van der Waals surface area contributed by atoms with Crippen LogP contribution in [0.15, 0.2) is 18.2 Å². The van der Waals surface area contributed by atoms with Crippen molar-refractivity contribution in [3.8, 4) is 5.75 Å². The topological polar surface area (TPSA) is 72.9 Å². The number of halogens is 1. The van der Waals surface area contributed by atoms with Crippen molar-refractivity contribution in [2.75, 3.05) is 24.8 Å². The Morgan fingerprint density at radius 3 is 2.35 bits per heavy atom. The summed E-state index contributed by atoms with van der Waals surface area (Å²) in [5.41, 5.74) is 0.260. The van der Waals surface area contributed by atoms with Crippen molar-refractivity contribution in [1.82, 2.24) is 0 Å². The lowest BCUT2D eigenvalue weighted by molar-refractivity contribution is -0.141. The number of esters is 1. The largest absolute Gasteiger partial charge is 0.495 e. The summed E-state index contributed by atoms with van der Waals surface area (Å²) in [7, 11) is -1.03. The summed E-state index contributed by atoms with van der Waals surface area (Å²) in [6, 6.07) is 3.45. The van der Waals surface area contributed by atoms with Crippen LogP contribution in [0.4, 0.5) is 5.69 Å². The lowest BCUT2D eigenvalue weighted by atomic mass is 10.2. The number of methoxy groups -OCH3 is 2. The summed E-state index contributed by atoms with van der Waals surface area (Å²) in [4.78, 5) is 11.6. The zero-order chi connectivity index (χ0) is 15.5. The lowest BCUT2D eigenvalue weighted by Crippen LogP contribution is -2.43. The molecule has 0 aliphatic heterocycles. The maximum absolute atomic E-state index is 11.9. The van der Waals surface area contributed by atoms with E-state index in [9.17, 15) is 13.2 Å². The third-order valence-electron chi connectivity index (χ3n) is 2.64. The molecule has 0 amide bonds. The van der Waals surface area contributed by atoms with Crippen molar-refractivity contribution in [3.63, 3.8) is 0 Å². The average Bonchev–Trinajstić information content (AvgIpc) is 2.36. The summed E-state index contributed by atoms with van der Waals surface area (Å²) < 4.78 is 34.3. The molecule has 0 unspecified atom stereocenters. The number of hydrogen-bond acceptors (Lipinski definition) is 5. The van der Waals surface area contributed by atoms with E-state index in [-0.39, 0.29) is 10.7 Å². The molecule has 0 N–H and O–H groups in total. The monoisotopic (exact) mass is 321 g/mol. The number of benzene rings is 1. The van der Waals surface area contributed by atoms with Crippen LogP contribution in [0.1, 0.15) is 6.92 Å². The van der Waals surface area contributed by atoms with Crippen molar-refractivity contribution in [2.45, 2.75) is 13.0 Å². The molecule has 1 aromatic rings. The highest BCUT2D eigenvalue weighted by atomic mass is 35.5. The summed E-state index contributed by atoms with van der Waals surface area (Å²) >= 11 is 5.98. The van der Waals surface area contributed by atoms with Crippen LogP contribution in [0.2, 0.25) is 5.02 Å². The van der Waals surface area contributed by atoms with Crippen LogP contribution in [0.3, 0.4) is 0 Å². The van der Waals surface area contributed by atoms with Crippen molar-refractivity contribution >= 4 is 33.3 Å². The number of carbonyl (C=O) groups is 1. The van der Waals surface area contributed by atoms with E-state index >= 15 is 0 Å². The third kappa shape index (κ3) is 3.55. The molecular formula is C12H16ClNO5S. The van der Waals surface area contributed by atoms with Crippen LogP contribution in [0.25, 0.3) is 0 Å². The molecule has 20 heavy (non-hydrogen) atoms. The minimum Gasteiger partial charge on any atom is -0.495 e. The fourth-order valence-corrected chi connectivity index (χ4v) is 3.17. The number of rotatable bonds is 5. The highest BCUT2D eigenvalue weighted by molar-refractivity contribution is 7.92. The van der Waals surface area contributed by atoms with Gasteiger partial charge in [0.25, 0.3) is 0 Å². The molecule has 1 rings (SSSR count). The average molecular weight is 322 g/mol. The number of ether oxygens (including phenoxy) is 2. The van der Waals surface area contributed by atoms with E-state index in [1.807, 2.05) is 0 Å². The Morgan fingerprint density at radius 2 is 1.95 bits per heavy atom. The molecule has 0 spiro atoms. The molecule has 0 radical (unpaired) electrons. The van der Waals surface area contributed by atoms with Gasteiger partial charge in [-0.3, -0.25) is 4.31 Å². The van der Waals surface area contributed by atoms with Gasteiger partial charge >= 0.3 is 5.97 Å². The van der Waals surface area contributed by atoms with Crippen molar-refractivity contribution in [1.29, 1.82) is 0 Å². The van der Waals surface area contributed by atoms with Gasteiger partial charge in [-0.15, -0.1) is 0 Å². The van der Waals surface area contributed by atoms with Gasteiger partial charge in [0.15, 0.2) is 0 Å². The second kappa shape index (κ2) is 6.32. The zero-order valence-corrected chi connectivity index (χ0v) is 13.2. The fourth-order valence-electron chi connectivity index (χ4n) is 1.76. The number of carbonyl (C=O) groups excluding carboxylic acids is 1. The quantitative estimate of drug-likeness (QED) is 0.771. The molecule has 1 atom stereocenters. The van der Waals surface area contributed by atoms with Gasteiger partial charge in [0.05, 0.1) is 31.2 Å². The third-order valence-corrected chi connectivity index (χ3v) is 4.18. The maximum atomic E-state index is 11.9. The zero-order valence-electron chi connectivity index (χ0n) is 11.6. The first kappa shape index (κ1) is 16.6. The summed E-state index contributed by atoms with van der Waals surface area (Å²) in [5.74, 6) is -0.253. The second-order valence-corrected chi connectivity index (χ2v) is 6.34. The van der Waals surface area contributed by atoms with E-state index in [0.717, 1.165) is 10.6 Å². The van der Waals surface area contributed by atoms with Crippen molar-refractivity contribution < 1.29 is 22.7 Å². The van der Waals surface area contributed by atoms with E-state index in [4.69, 9.17) is 16.3 Å². The number of sulfonamides is 1. The highest BCUT2D eigenvalue weighted by Gasteiger charge is 2.30. The number of hydrogen-bond donors (Lipinski definition) is 0. The molecule has 1 aromatic carbocycles. The van der Waals surface area contributed by atoms with E-state index < -0.39 is 22.0 Å². The van der Waals surface area contributed by atoms with E-state index in [1.54, 1.807) is 0 Å². The van der Waals surface area contributed by atoms with Gasteiger partial charge in [-0.05, 0) is 25.1 Å². The van der Waals surface area contributed by atoms with Crippen LogP contribution in [-0.4, -0.2) is 40.9 Å². The predicted octanol–water partition coefficient (Wildman–Crippen LogP) is 1.68. The molecule has 112 valence electrons. The van der Waals surface area contributed by atoms with Gasteiger partial charge in [0, 0.05) is 0 Å². The van der Waals surface area contributed by atoms with Gasteiger partial charge < -0.3 is 9.47 Å². The Hall–Kier alpha value is -1.47. The minimum atomic E-state index is -3.68. The Labute approximate surface area is 123 Å².